The van der Waals surface area contributed by atoms with Crippen LogP contribution < -0.4 is 0 Å². The molecule has 0 aliphatic heterocycles. The highest BCUT2D eigenvalue weighted by molar-refractivity contribution is 14.1. The van der Waals surface area contributed by atoms with Gasteiger partial charge in [-0.25, -0.2) is 0 Å². The number of ether oxygens (including phenoxy) is 1. The molecular formula is C20H27IO2. The summed E-state index contributed by atoms with van der Waals surface area (Å²) < 4.78 is 6.70. The van der Waals surface area contributed by atoms with Crippen LogP contribution in [-0.4, -0.2) is 12.1 Å². The lowest BCUT2D eigenvalue weighted by Crippen LogP contribution is -2.29. The fraction of sp³-hybridized carbons (Fsp3) is 0.650. The van der Waals surface area contributed by atoms with Crippen molar-refractivity contribution in [3.63, 3.8) is 0 Å². The van der Waals surface area contributed by atoms with Crippen molar-refractivity contribution in [1.29, 1.82) is 0 Å². The number of hydrogen-bond donors (Lipinski definition) is 0. The first-order chi connectivity index (χ1) is 11.1. The Balaban J connectivity index is 1.46. The second kappa shape index (κ2) is 8.00. The standard InChI is InChI=1S/C20H27IO2/c1-14(22)23-20-12-8-18(9-13-20)16-4-2-15(3-5-16)17-6-10-19(21)11-7-17/h6-7,10-11,15-16,18,20H,2-5,8-9,12-13H2,1H3/t15-,16-,18?,20?. The van der Waals surface area contributed by atoms with Gasteiger partial charge in [0.2, 0.25) is 0 Å². The summed E-state index contributed by atoms with van der Waals surface area (Å²) in [5, 5.41) is 0. The topological polar surface area (TPSA) is 26.3 Å². The zero-order valence-corrected chi connectivity index (χ0v) is 16.1. The Bertz CT molecular complexity index is 509. The molecule has 0 bridgehead atoms. The zero-order chi connectivity index (χ0) is 16.2. The van der Waals surface area contributed by atoms with Crippen molar-refractivity contribution in [3.05, 3.63) is 33.4 Å². The van der Waals surface area contributed by atoms with E-state index in [-0.39, 0.29) is 12.1 Å². The molecule has 0 amide bonds. The Morgan fingerprint density at radius 3 is 1.96 bits per heavy atom. The minimum Gasteiger partial charge on any atom is -0.463 e. The van der Waals surface area contributed by atoms with Gasteiger partial charge in [0.25, 0.3) is 0 Å². The van der Waals surface area contributed by atoms with Crippen LogP contribution in [-0.2, 0) is 9.53 Å². The van der Waals surface area contributed by atoms with E-state index in [1.54, 1.807) is 0 Å². The molecule has 3 rings (SSSR count). The fourth-order valence-corrected chi connectivity index (χ4v) is 4.93. The summed E-state index contributed by atoms with van der Waals surface area (Å²) >= 11 is 2.38. The first kappa shape index (κ1) is 17.2. The van der Waals surface area contributed by atoms with Crippen molar-refractivity contribution in [3.8, 4) is 0 Å². The SMILES string of the molecule is CC(=O)OC1CCC([C@H]2CC[C@H](c3ccc(I)cc3)CC2)CC1. The summed E-state index contributed by atoms with van der Waals surface area (Å²) in [6, 6.07) is 9.10. The van der Waals surface area contributed by atoms with E-state index < -0.39 is 0 Å². The molecule has 2 nitrogen and oxygen atoms in total. The van der Waals surface area contributed by atoms with E-state index in [2.05, 4.69) is 46.9 Å². The lowest BCUT2D eigenvalue weighted by Gasteiger charge is -2.37. The molecule has 0 atom stereocenters. The molecule has 2 aliphatic carbocycles. The van der Waals surface area contributed by atoms with Crippen LogP contribution in [0.4, 0.5) is 0 Å². The Hall–Kier alpha value is -0.580. The predicted molar refractivity (Wildman–Crippen MR) is 101 cm³/mol. The summed E-state index contributed by atoms with van der Waals surface area (Å²) in [6.07, 6.45) is 10.3. The molecule has 0 spiro atoms. The summed E-state index contributed by atoms with van der Waals surface area (Å²) in [6.45, 7) is 1.53. The van der Waals surface area contributed by atoms with E-state index in [1.807, 2.05) is 0 Å². The van der Waals surface area contributed by atoms with Gasteiger partial charge in [0.05, 0.1) is 0 Å². The first-order valence-corrected chi connectivity index (χ1v) is 10.1. The first-order valence-electron chi connectivity index (χ1n) is 9.04. The third kappa shape index (κ3) is 4.71. The lowest BCUT2D eigenvalue weighted by molar-refractivity contribution is -0.148. The van der Waals surface area contributed by atoms with E-state index in [0.717, 1.165) is 30.6 Å². The molecular weight excluding hydrogens is 399 g/mol. The number of carbonyl (C=O) groups excluding carboxylic acids is 1. The van der Waals surface area contributed by atoms with Crippen LogP contribution in [0.3, 0.4) is 0 Å². The molecule has 126 valence electrons. The number of esters is 1. The van der Waals surface area contributed by atoms with Crippen molar-refractivity contribution in [2.24, 2.45) is 11.8 Å². The molecule has 0 unspecified atom stereocenters. The number of carbonyl (C=O) groups is 1. The van der Waals surface area contributed by atoms with Gasteiger partial charge in [-0.3, -0.25) is 4.79 Å². The van der Waals surface area contributed by atoms with E-state index >= 15 is 0 Å². The molecule has 23 heavy (non-hydrogen) atoms. The van der Waals surface area contributed by atoms with Crippen LogP contribution in [0.2, 0.25) is 0 Å². The Labute approximate surface area is 153 Å². The van der Waals surface area contributed by atoms with Crippen LogP contribution in [0.25, 0.3) is 0 Å². The van der Waals surface area contributed by atoms with Crippen molar-refractivity contribution in [2.75, 3.05) is 0 Å². The van der Waals surface area contributed by atoms with Gasteiger partial charge in [-0.15, -0.1) is 0 Å². The van der Waals surface area contributed by atoms with Crippen LogP contribution >= 0.6 is 22.6 Å². The number of hydrogen-bond acceptors (Lipinski definition) is 2. The second-order valence-electron chi connectivity index (χ2n) is 7.31. The molecule has 2 saturated carbocycles. The van der Waals surface area contributed by atoms with Gasteiger partial charge < -0.3 is 4.74 Å². The van der Waals surface area contributed by atoms with Crippen molar-refractivity contribution in [2.45, 2.75) is 70.3 Å². The largest absolute Gasteiger partial charge is 0.463 e. The van der Waals surface area contributed by atoms with E-state index in [1.165, 1.54) is 54.6 Å². The average Bonchev–Trinajstić information content (AvgIpc) is 2.56. The summed E-state index contributed by atoms with van der Waals surface area (Å²) in [5.41, 5.74) is 1.53. The zero-order valence-electron chi connectivity index (χ0n) is 14.0. The molecule has 2 aliphatic rings. The van der Waals surface area contributed by atoms with Gasteiger partial charge in [-0.1, -0.05) is 12.1 Å². The monoisotopic (exact) mass is 426 g/mol. The Morgan fingerprint density at radius 1 is 0.913 bits per heavy atom. The van der Waals surface area contributed by atoms with Crippen molar-refractivity contribution in [1.82, 2.24) is 0 Å². The fourth-order valence-electron chi connectivity index (χ4n) is 4.57. The molecule has 1 aromatic rings. The summed E-state index contributed by atoms with van der Waals surface area (Å²) in [5.74, 6) is 2.40. The smallest absolute Gasteiger partial charge is 0.302 e. The molecule has 0 heterocycles. The number of rotatable bonds is 3. The number of benzene rings is 1. The molecule has 2 fully saturated rings. The van der Waals surface area contributed by atoms with Gasteiger partial charge in [-0.2, -0.15) is 0 Å². The van der Waals surface area contributed by atoms with Gasteiger partial charge in [0, 0.05) is 10.5 Å². The van der Waals surface area contributed by atoms with Crippen molar-refractivity contribution >= 4 is 28.6 Å². The highest BCUT2D eigenvalue weighted by atomic mass is 127. The third-order valence-electron chi connectivity index (χ3n) is 5.83. The molecule has 0 N–H and O–H groups in total. The summed E-state index contributed by atoms with van der Waals surface area (Å²) in [4.78, 5) is 11.1. The Morgan fingerprint density at radius 2 is 1.43 bits per heavy atom. The van der Waals surface area contributed by atoms with Gasteiger partial charge in [-0.05, 0) is 109 Å². The molecule has 1 aromatic carbocycles. The second-order valence-corrected chi connectivity index (χ2v) is 8.56. The molecule has 0 radical (unpaired) electrons. The maximum atomic E-state index is 11.1. The highest BCUT2D eigenvalue weighted by Gasteiger charge is 2.31. The molecule has 0 aromatic heterocycles. The van der Waals surface area contributed by atoms with Crippen LogP contribution in [0, 0.1) is 15.4 Å². The van der Waals surface area contributed by atoms with Crippen molar-refractivity contribution < 1.29 is 9.53 Å². The minimum absolute atomic E-state index is 0.119. The Kier molecular flexibility index (Phi) is 6.00. The molecule has 3 heteroatoms. The average molecular weight is 426 g/mol. The highest BCUT2D eigenvalue weighted by Crippen LogP contribution is 2.43. The normalized spacial score (nSPS) is 31.6. The van der Waals surface area contributed by atoms with E-state index in [4.69, 9.17) is 4.74 Å². The maximum Gasteiger partial charge on any atom is 0.302 e. The predicted octanol–water partition coefficient (Wildman–Crippen LogP) is 5.69. The van der Waals surface area contributed by atoms with Crippen LogP contribution in [0.5, 0.6) is 0 Å². The quantitative estimate of drug-likeness (QED) is 0.459. The van der Waals surface area contributed by atoms with Gasteiger partial charge >= 0.3 is 5.97 Å². The van der Waals surface area contributed by atoms with E-state index in [9.17, 15) is 4.79 Å². The maximum absolute atomic E-state index is 11.1. The lowest BCUT2D eigenvalue weighted by atomic mass is 9.69. The summed E-state index contributed by atoms with van der Waals surface area (Å²) in [7, 11) is 0. The minimum atomic E-state index is -0.119. The van der Waals surface area contributed by atoms with Gasteiger partial charge in [0.15, 0.2) is 0 Å². The van der Waals surface area contributed by atoms with E-state index in [0.29, 0.717) is 0 Å². The third-order valence-corrected chi connectivity index (χ3v) is 6.55. The van der Waals surface area contributed by atoms with Gasteiger partial charge in [0.1, 0.15) is 6.10 Å². The van der Waals surface area contributed by atoms with Crippen LogP contribution in [0.15, 0.2) is 24.3 Å². The number of halogens is 1. The van der Waals surface area contributed by atoms with Crippen LogP contribution in [0.1, 0.15) is 69.8 Å². The molecule has 0 saturated heterocycles.